The average molecular weight is 417 g/mol. The van der Waals surface area contributed by atoms with Gasteiger partial charge in [0, 0.05) is 6.42 Å². The van der Waals surface area contributed by atoms with Crippen LogP contribution in [-0.4, -0.2) is 33.1 Å². The van der Waals surface area contributed by atoms with E-state index in [2.05, 4.69) is 32.1 Å². The van der Waals surface area contributed by atoms with Crippen LogP contribution in [0.3, 0.4) is 0 Å². The molecule has 3 heteroatoms. The van der Waals surface area contributed by atoms with Crippen LogP contribution >= 0.6 is 0 Å². The van der Waals surface area contributed by atoms with Crippen LogP contribution in [0.2, 0.25) is 0 Å². The first-order chi connectivity index (χ1) is 14.0. The summed E-state index contributed by atoms with van der Waals surface area (Å²) in [5.74, 6) is 2.06. The standard InChI is InChI=1S/C27H44O3/c1-18(8-6-14-26(3,4)30)23-12-13-24-20(9-7-15-27(23,24)5)10-11-21-16-22(28)17-25(29)19(21)2/h9-11,18,22-25,28-30H,6-8,12-17H2,1-5H3/t18-,22-,23-,24+,25+,27-/m1/s1. The molecule has 1 saturated carbocycles. The molecule has 0 heterocycles. The number of hydrogen-bond acceptors (Lipinski definition) is 3. The van der Waals surface area contributed by atoms with E-state index in [0.29, 0.717) is 30.1 Å². The summed E-state index contributed by atoms with van der Waals surface area (Å²) in [6.45, 7) is 10.8. The van der Waals surface area contributed by atoms with E-state index >= 15 is 0 Å². The van der Waals surface area contributed by atoms with Crippen LogP contribution < -0.4 is 0 Å². The molecule has 30 heavy (non-hydrogen) atoms. The lowest BCUT2D eigenvalue weighted by Crippen LogP contribution is -2.35. The van der Waals surface area contributed by atoms with E-state index in [-0.39, 0.29) is 0 Å². The van der Waals surface area contributed by atoms with E-state index < -0.39 is 17.8 Å². The molecule has 6 atom stereocenters. The molecule has 0 aromatic heterocycles. The van der Waals surface area contributed by atoms with Gasteiger partial charge in [0.2, 0.25) is 0 Å². The quantitative estimate of drug-likeness (QED) is 0.498. The predicted octanol–water partition coefficient (Wildman–Crippen LogP) is 5.70. The Kier molecular flexibility index (Phi) is 7.37. The fourth-order valence-corrected chi connectivity index (χ4v) is 6.58. The molecule has 3 aliphatic rings. The van der Waals surface area contributed by atoms with Crippen molar-refractivity contribution < 1.29 is 15.3 Å². The van der Waals surface area contributed by atoms with Crippen LogP contribution in [0.4, 0.5) is 0 Å². The third-order valence-corrected chi connectivity index (χ3v) is 8.44. The van der Waals surface area contributed by atoms with E-state index in [1.165, 1.54) is 31.3 Å². The Morgan fingerprint density at radius 3 is 2.67 bits per heavy atom. The molecule has 0 aromatic rings. The topological polar surface area (TPSA) is 60.7 Å². The van der Waals surface area contributed by atoms with E-state index in [1.807, 2.05) is 20.8 Å². The second-order valence-electron chi connectivity index (χ2n) is 11.3. The maximum Gasteiger partial charge on any atom is 0.0777 e. The first kappa shape index (κ1) is 23.8. The van der Waals surface area contributed by atoms with E-state index in [0.717, 1.165) is 36.3 Å². The average Bonchev–Trinajstić information content (AvgIpc) is 3.00. The van der Waals surface area contributed by atoms with Crippen LogP contribution in [0.15, 0.2) is 34.9 Å². The monoisotopic (exact) mass is 416 g/mol. The van der Waals surface area contributed by atoms with Crippen molar-refractivity contribution in [3.05, 3.63) is 34.9 Å². The van der Waals surface area contributed by atoms with Crippen LogP contribution in [0, 0.1) is 23.2 Å². The van der Waals surface area contributed by atoms with Gasteiger partial charge in [-0.05, 0) is 99.2 Å². The summed E-state index contributed by atoms with van der Waals surface area (Å²) in [6, 6.07) is 0. The summed E-state index contributed by atoms with van der Waals surface area (Å²) in [7, 11) is 0. The molecule has 0 spiro atoms. The smallest absolute Gasteiger partial charge is 0.0777 e. The molecule has 0 amide bonds. The van der Waals surface area contributed by atoms with Crippen molar-refractivity contribution in [2.24, 2.45) is 23.2 Å². The molecule has 170 valence electrons. The van der Waals surface area contributed by atoms with Crippen LogP contribution in [0.5, 0.6) is 0 Å². The summed E-state index contributed by atoms with van der Waals surface area (Å²) < 4.78 is 0. The van der Waals surface area contributed by atoms with Crippen molar-refractivity contribution in [2.45, 2.75) is 110 Å². The van der Waals surface area contributed by atoms with Gasteiger partial charge in [-0.15, -0.1) is 0 Å². The number of rotatable bonds is 7. The molecular formula is C27H44O3. The van der Waals surface area contributed by atoms with Gasteiger partial charge in [-0.25, -0.2) is 0 Å². The molecule has 0 radical (unpaired) electrons. The summed E-state index contributed by atoms with van der Waals surface area (Å²) in [5, 5.41) is 30.3. The van der Waals surface area contributed by atoms with Gasteiger partial charge < -0.3 is 15.3 Å². The minimum Gasteiger partial charge on any atom is -0.393 e. The number of hydrogen-bond donors (Lipinski definition) is 3. The Labute approximate surface area is 184 Å². The minimum absolute atomic E-state index is 0.359. The maximum absolute atomic E-state index is 10.2. The van der Waals surface area contributed by atoms with Crippen LogP contribution in [0.1, 0.15) is 92.4 Å². The van der Waals surface area contributed by atoms with Gasteiger partial charge in [-0.1, -0.05) is 44.9 Å². The normalized spacial score (nSPS) is 36.2. The molecule has 0 saturated heterocycles. The van der Waals surface area contributed by atoms with Gasteiger partial charge in [0.05, 0.1) is 17.8 Å². The SMILES string of the molecule is CC1=C(C=CC2=CCC[C@]3(C)[C@@H]([C@H](C)CCCC(C)(C)O)CC[C@@H]23)C[C@@H](O)C[C@@H]1O. The minimum atomic E-state index is -0.555. The highest BCUT2D eigenvalue weighted by Gasteiger charge is 2.49. The Balaban J connectivity index is 1.68. The first-order valence-electron chi connectivity index (χ1n) is 12.2. The van der Waals surface area contributed by atoms with E-state index in [4.69, 9.17) is 0 Å². The van der Waals surface area contributed by atoms with Gasteiger partial charge >= 0.3 is 0 Å². The van der Waals surface area contributed by atoms with Crippen molar-refractivity contribution in [1.82, 2.24) is 0 Å². The zero-order valence-corrected chi connectivity index (χ0v) is 19.8. The predicted molar refractivity (Wildman–Crippen MR) is 124 cm³/mol. The highest BCUT2D eigenvalue weighted by atomic mass is 16.3. The highest BCUT2D eigenvalue weighted by Crippen LogP contribution is 2.58. The molecule has 3 aliphatic carbocycles. The van der Waals surface area contributed by atoms with Crippen LogP contribution in [0.25, 0.3) is 0 Å². The van der Waals surface area contributed by atoms with Crippen molar-refractivity contribution >= 4 is 0 Å². The third-order valence-electron chi connectivity index (χ3n) is 8.44. The first-order valence-corrected chi connectivity index (χ1v) is 12.2. The largest absolute Gasteiger partial charge is 0.393 e. The van der Waals surface area contributed by atoms with Crippen molar-refractivity contribution in [1.29, 1.82) is 0 Å². The third kappa shape index (κ3) is 5.29. The van der Waals surface area contributed by atoms with Gasteiger partial charge in [-0.2, -0.15) is 0 Å². The second-order valence-corrected chi connectivity index (χ2v) is 11.3. The summed E-state index contributed by atoms with van der Waals surface area (Å²) in [5.41, 5.74) is 3.38. The zero-order chi connectivity index (χ0) is 22.1. The lowest BCUT2D eigenvalue weighted by atomic mass is 9.62. The van der Waals surface area contributed by atoms with Crippen molar-refractivity contribution in [3.63, 3.8) is 0 Å². The highest BCUT2D eigenvalue weighted by molar-refractivity contribution is 5.37. The molecule has 3 N–H and O–H groups in total. The Hall–Kier alpha value is -0.900. The number of aliphatic hydroxyl groups excluding tert-OH is 2. The summed E-state index contributed by atoms with van der Waals surface area (Å²) in [6.07, 6.45) is 15.2. The lowest BCUT2D eigenvalue weighted by molar-refractivity contribution is 0.0613. The molecule has 0 bridgehead atoms. The molecule has 3 rings (SSSR count). The molecule has 1 fully saturated rings. The van der Waals surface area contributed by atoms with E-state index in [1.54, 1.807) is 0 Å². The fourth-order valence-electron chi connectivity index (χ4n) is 6.58. The van der Waals surface area contributed by atoms with Gasteiger partial charge in [0.25, 0.3) is 0 Å². The molecule has 0 aromatic carbocycles. The van der Waals surface area contributed by atoms with Gasteiger partial charge in [-0.3, -0.25) is 0 Å². The Bertz CT molecular complexity index is 695. The second kappa shape index (κ2) is 9.30. The molecule has 3 nitrogen and oxygen atoms in total. The zero-order valence-electron chi connectivity index (χ0n) is 19.8. The number of allylic oxidation sites excluding steroid dienone is 4. The van der Waals surface area contributed by atoms with E-state index in [9.17, 15) is 15.3 Å². The molecule has 0 aliphatic heterocycles. The maximum atomic E-state index is 10.2. The summed E-state index contributed by atoms with van der Waals surface area (Å²) in [4.78, 5) is 0. The van der Waals surface area contributed by atoms with Gasteiger partial charge in [0.15, 0.2) is 0 Å². The van der Waals surface area contributed by atoms with Crippen LogP contribution in [-0.2, 0) is 0 Å². The Morgan fingerprint density at radius 2 is 1.97 bits per heavy atom. The lowest BCUT2D eigenvalue weighted by Gasteiger charge is -2.43. The molecular weight excluding hydrogens is 372 g/mol. The Morgan fingerprint density at radius 1 is 1.23 bits per heavy atom. The van der Waals surface area contributed by atoms with Crippen molar-refractivity contribution in [3.8, 4) is 0 Å². The number of aliphatic hydroxyl groups is 3. The number of fused-ring (bicyclic) bond motifs is 1. The molecule has 0 unspecified atom stereocenters. The van der Waals surface area contributed by atoms with Crippen molar-refractivity contribution in [2.75, 3.05) is 0 Å². The van der Waals surface area contributed by atoms with Gasteiger partial charge in [0.1, 0.15) is 0 Å². The fraction of sp³-hybridized carbons (Fsp3) is 0.778. The summed E-state index contributed by atoms with van der Waals surface area (Å²) >= 11 is 0.